The zero-order valence-corrected chi connectivity index (χ0v) is 18.3. The van der Waals surface area contributed by atoms with Crippen molar-refractivity contribution in [2.45, 2.75) is 6.61 Å². The van der Waals surface area contributed by atoms with Gasteiger partial charge in [0, 0.05) is 10.0 Å². The summed E-state index contributed by atoms with van der Waals surface area (Å²) in [5, 5.41) is 13.8. The van der Waals surface area contributed by atoms with Gasteiger partial charge in [-0.2, -0.15) is 9.61 Å². The topological polar surface area (TPSA) is 80.0 Å². The standard InChI is InChI=1S/C19H17BrN4O4S/c1-25-14-8-11(9-15(26-2)17(14)27-3)18-23-24-16(21-22-19(24)29-18)10-28-13-6-4-12(20)5-7-13/h4-9H,10H2,1-3H3. The molecule has 4 rings (SSSR count). The Labute approximate surface area is 179 Å². The number of hydrogen-bond donors (Lipinski definition) is 0. The highest BCUT2D eigenvalue weighted by molar-refractivity contribution is 9.10. The number of benzene rings is 2. The molecule has 0 saturated carbocycles. The van der Waals surface area contributed by atoms with Crippen LogP contribution in [0.25, 0.3) is 15.5 Å². The Morgan fingerprint density at radius 3 is 2.28 bits per heavy atom. The van der Waals surface area contributed by atoms with Gasteiger partial charge in [0.25, 0.3) is 0 Å². The Morgan fingerprint density at radius 1 is 0.966 bits per heavy atom. The third-order valence-electron chi connectivity index (χ3n) is 4.15. The summed E-state index contributed by atoms with van der Waals surface area (Å²) in [5.74, 6) is 3.01. The fourth-order valence-electron chi connectivity index (χ4n) is 2.75. The molecule has 0 aliphatic carbocycles. The van der Waals surface area contributed by atoms with Crippen molar-refractivity contribution < 1.29 is 18.9 Å². The SMILES string of the molecule is COc1cc(-c2nn3c(COc4ccc(Br)cc4)nnc3s2)cc(OC)c1OC. The average Bonchev–Trinajstić information content (AvgIpc) is 3.33. The Balaban J connectivity index is 1.64. The highest BCUT2D eigenvalue weighted by Gasteiger charge is 2.18. The van der Waals surface area contributed by atoms with Crippen LogP contribution in [0.1, 0.15) is 5.82 Å². The fourth-order valence-corrected chi connectivity index (χ4v) is 3.86. The first-order chi connectivity index (χ1) is 14.1. The molecule has 2 heterocycles. The summed E-state index contributed by atoms with van der Waals surface area (Å²) >= 11 is 4.82. The number of aromatic nitrogens is 4. The van der Waals surface area contributed by atoms with Crippen molar-refractivity contribution in [1.82, 2.24) is 19.8 Å². The largest absolute Gasteiger partial charge is 0.493 e. The second kappa shape index (κ2) is 8.26. The lowest BCUT2D eigenvalue weighted by molar-refractivity contribution is 0.293. The van der Waals surface area contributed by atoms with Gasteiger partial charge >= 0.3 is 0 Å². The van der Waals surface area contributed by atoms with E-state index >= 15 is 0 Å². The summed E-state index contributed by atoms with van der Waals surface area (Å²) < 4.78 is 24.7. The molecular weight excluding hydrogens is 460 g/mol. The monoisotopic (exact) mass is 476 g/mol. The van der Waals surface area contributed by atoms with Gasteiger partial charge in [-0.25, -0.2) is 0 Å². The van der Waals surface area contributed by atoms with E-state index in [4.69, 9.17) is 18.9 Å². The molecule has 0 fully saturated rings. The van der Waals surface area contributed by atoms with E-state index in [-0.39, 0.29) is 6.61 Å². The van der Waals surface area contributed by atoms with Gasteiger partial charge < -0.3 is 18.9 Å². The normalized spacial score (nSPS) is 10.9. The van der Waals surface area contributed by atoms with E-state index in [1.807, 2.05) is 36.4 Å². The molecule has 0 unspecified atom stereocenters. The molecule has 8 nitrogen and oxygen atoms in total. The molecule has 0 bridgehead atoms. The molecule has 2 aromatic carbocycles. The molecular formula is C19H17BrN4O4S. The van der Waals surface area contributed by atoms with Crippen LogP contribution in [0.2, 0.25) is 0 Å². The van der Waals surface area contributed by atoms with Crippen LogP contribution in [-0.4, -0.2) is 41.1 Å². The molecule has 0 atom stereocenters. The lowest BCUT2D eigenvalue weighted by Crippen LogP contribution is -2.02. The minimum Gasteiger partial charge on any atom is -0.493 e. The van der Waals surface area contributed by atoms with Gasteiger partial charge in [0.2, 0.25) is 10.7 Å². The zero-order chi connectivity index (χ0) is 20.4. The summed E-state index contributed by atoms with van der Waals surface area (Å²) in [4.78, 5) is 0.670. The van der Waals surface area contributed by atoms with Crippen LogP contribution in [0.4, 0.5) is 0 Å². The number of methoxy groups -OCH3 is 3. The number of ether oxygens (including phenoxy) is 4. The van der Waals surface area contributed by atoms with Crippen LogP contribution in [-0.2, 0) is 6.61 Å². The third-order valence-corrected chi connectivity index (χ3v) is 5.63. The van der Waals surface area contributed by atoms with Crippen LogP contribution < -0.4 is 18.9 Å². The number of halogens is 1. The number of fused-ring (bicyclic) bond motifs is 1. The number of rotatable bonds is 7. The maximum absolute atomic E-state index is 5.80. The highest BCUT2D eigenvalue weighted by atomic mass is 79.9. The second-order valence-corrected chi connectivity index (χ2v) is 7.75. The maximum Gasteiger partial charge on any atom is 0.235 e. The van der Waals surface area contributed by atoms with Gasteiger partial charge in [-0.05, 0) is 36.4 Å². The molecule has 0 aliphatic rings. The Bertz CT molecular complexity index is 1120. The average molecular weight is 477 g/mol. The van der Waals surface area contributed by atoms with E-state index in [0.717, 1.165) is 20.8 Å². The first-order valence-electron chi connectivity index (χ1n) is 8.52. The number of hydrogen-bond acceptors (Lipinski definition) is 8. The van der Waals surface area contributed by atoms with Crippen molar-refractivity contribution in [3.05, 3.63) is 46.7 Å². The smallest absolute Gasteiger partial charge is 0.235 e. The quantitative estimate of drug-likeness (QED) is 0.394. The zero-order valence-electron chi connectivity index (χ0n) is 15.9. The predicted octanol–water partition coefficient (Wildman–Crippen LogP) is 4.22. The molecule has 0 saturated heterocycles. The van der Waals surface area contributed by atoms with Crippen LogP contribution in [0.5, 0.6) is 23.0 Å². The van der Waals surface area contributed by atoms with Crippen LogP contribution in [0.15, 0.2) is 40.9 Å². The molecule has 0 spiro atoms. The van der Waals surface area contributed by atoms with Crippen LogP contribution >= 0.6 is 27.3 Å². The van der Waals surface area contributed by atoms with Crippen molar-refractivity contribution in [1.29, 1.82) is 0 Å². The molecule has 0 radical (unpaired) electrons. The second-order valence-electron chi connectivity index (χ2n) is 5.87. The molecule has 0 N–H and O–H groups in total. The fraction of sp³-hybridized carbons (Fsp3) is 0.211. The van der Waals surface area contributed by atoms with Crippen LogP contribution in [0.3, 0.4) is 0 Å². The van der Waals surface area contributed by atoms with Gasteiger partial charge in [0.1, 0.15) is 17.4 Å². The molecule has 0 aliphatic heterocycles. The van der Waals surface area contributed by atoms with E-state index in [1.165, 1.54) is 11.3 Å². The molecule has 29 heavy (non-hydrogen) atoms. The van der Waals surface area contributed by atoms with Crippen LogP contribution in [0, 0.1) is 0 Å². The Kier molecular flexibility index (Phi) is 5.54. The molecule has 150 valence electrons. The lowest BCUT2D eigenvalue weighted by atomic mass is 10.2. The van der Waals surface area contributed by atoms with E-state index < -0.39 is 0 Å². The summed E-state index contributed by atoms with van der Waals surface area (Å²) in [6.07, 6.45) is 0. The van der Waals surface area contributed by atoms with Crippen molar-refractivity contribution in [3.63, 3.8) is 0 Å². The molecule has 10 heteroatoms. The molecule has 4 aromatic rings. The summed E-state index contributed by atoms with van der Waals surface area (Å²) in [5.41, 5.74) is 0.828. The Hall–Kier alpha value is -2.85. The van der Waals surface area contributed by atoms with Crippen molar-refractivity contribution in [2.24, 2.45) is 0 Å². The third kappa shape index (κ3) is 3.85. The van der Waals surface area contributed by atoms with E-state index in [0.29, 0.717) is 28.0 Å². The predicted molar refractivity (Wildman–Crippen MR) is 112 cm³/mol. The Morgan fingerprint density at radius 2 is 1.66 bits per heavy atom. The lowest BCUT2D eigenvalue weighted by Gasteiger charge is -2.13. The number of nitrogens with zero attached hydrogens (tertiary/aromatic N) is 4. The van der Waals surface area contributed by atoms with Gasteiger partial charge in [0.15, 0.2) is 17.3 Å². The van der Waals surface area contributed by atoms with E-state index in [1.54, 1.807) is 25.8 Å². The first-order valence-corrected chi connectivity index (χ1v) is 10.1. The molecule has 0 amide bonds. The minimum absolute atomic E-state index is 0.251. The van der Waals surface area contributed by atoms with Gasteiger partial charge in [-0.15, -0.1) is 10.2 Å². The van der Waals surface area contributed by atoms with Gasteiger partial charge in [-0.1, -0.05) is 27.3 Å². The molecule has 2 aromatic heterocycles. The van der Waals surface area contributed by atoms with Gasteiger partial charge in [0.05, 0.1) is 21.3 Å². The maximum atomic E-state index is 5.80. The van der Waals surface area contributed by atoms with Gasteiger partial charge in [-0.3, -0.25) is 0 Å². The minimum atomic E-state index is 0.251. The highest BCUT2D eigenvalue weighted by Crippen LogP contribution is 2.41. The summed E-state index contributed by atoms with van der Waals surface area (Å²) in [6.45, 7) is 0.251. The summed E-state index contributed by atoms with van der Waals surface area (Å²) in [7, 11) is 4.73. The first kappa shape index (κ1) is 19.5. The van der Waals surface area contributed by atoms with Crippen molar-refractivity contribution in [3.8, 4) is 33.6 Å². The van der Waals surface area contributed by atoms with Crippen molar-refractivity contribution >= 4 is 32.2 Å². The van der Waals surface area contributed by atoms with Crippen molar-refractivity contribution in [2.75, 3.05) is 21.3 Å². The van der Waals surface area contributed by atoms with E-state index in [9.17, 15) is 0 Å². The van der Waals surface area contributed by atoms with E-state index in [2.05, 4.69) is 31.2 Å². The summed E-state index contributed by atoms with van der Waals surface area (Å²) in [6, 6.07) is 11.3.